The number of nitrogens with zero attached hydrogens (tertiary/aromatic N) is 4. The van der Waals surface area contributed by atoms with Crippen molar-refractivity contribution in [1.29, 1.82) is 0 Å². The van der Waals surface area contributed by atoms with Gasteiger partial charge in [-0.15, -0.1) is 0 Å². The van der Waals surface area contributed by atoms with Crippen LogP contribution >= 0.6 is 0 Å². The highest BCUT2D eigenvalue weighted by Gasteiger charge is 2.30. The average molecular weight is 307 g/mol. The zero-order valence-corrected chi connectivity index (χ0v) is 12.2. The molecular formula is C11H20F3N7. The van der Waals surface area contributed by atoms with Crippen LogP contribution in [-0.4, -0.2) is 40.3 Å². The predicted molar refractivity (Wildman–Crippen MR) is 75.0 cm³/mol. The molecule has 1 unspecified atom stereocenters. The molecule has 0 aromatic carbocycles. The molecule has 1 heterocycles. The molecule has 1 atom stereocenters. The van der Waals surface area contributed by atoms with Crippen molar-refractivity contribution in [3.05, 3.63) is 0 Å². The highest BCUT2D eigenvalue weighted by atomic mass is 19.4. The summed E-state index contributed by atoms with van der Waals surface area (Å²) in [6.07, 6.45) is -5.24. The summed E-state index contributed by atoms with van der Waals surface area (Å²) >= 11 is 0. The number of alkyl halides is 3. The van der Waals surface area contributed by atoms with E-state index in [0.717, 1.165) is 0 Å². The molecule has 21 heavy (non-hydrogen) atoms. The molecule has 0 amide bonds. The molecule has 120 valence electrons. The van der Waals surface area contributed by atoms with Gasteiger partial charge in [-0.1, -0.05) is 0 Å². The molecule has 4 N–H and O–H groups in total. The van der Waals surface area contributed by atoms with Crippen molar-refractivity contribution in [2.24, 2.45) is 5.84 Å². The Bertz CT molecular complexity index is 448. The van der Waals surface area contributed by atoms with Gasteiger partial charge in [0.25, 0.3) is 0 Å². The van der Waals surface area contributed by atoms with E-state index in [2.05, 4.69) is 25.7 Å². The topological polar surface area (TPSA) is 92.0 Å². The minimum atomic E-state index is -4.25. The molecule has 1 aromatic rings. The normalized spacial score (nSPS) is 12.9. The number of aromatic nitrogens is 3. The van der Waals surface area contributed by atoms with Crippen LogP contribution in [0.3, 0.4) is 0 Å². The first-order valence-corrected chi connectivity index (χ1v) is 6.60. The van der Waals surface area contributed by atoms with E-state index in [4.69, 9.17) is 5.84 Å². The van der Waals surface area contributed by atoms with E-state index in [1.165, 1.54) is 6.92 Å². The SMILES string of the molecule is CCN(CC)c1nc(NN)nc(NC(C)CC(F)(F)F)n1. The van der Waals surface area contributed by atoms with Crippen LogP contribution in [0.5, 0.6) is 0 Å². The molecule has 0 aliphatic carbocycles. The van der Waals surface area contributed by atoms with Crippen LogP contribution in [0.15, 0.2) is 0 Å². The second kappa shape index (κ2) is 7.25. The maximum Gasteiger partial charge on any atom is 0.391 e. The van der Waals surface area contributed by atoms with Gasteiger partial charge in [0.1, 0.15) is 0 Å². The number of nitrogens with one attached hydrogen (secondary N) is 2. The quantitative estimate of drug-likeness (QED) is 0.522. The number of anilines is 3. The molecule has 7 nitrogen and oxygen atoms in total. The Morgan fingerprint density at radius 1 is 1.14 bits per heavy atom. The first kappa shape index (κ1) is 17.2. The van der Waals surface area contributed by atoms with Gasteiger partial charge in [-0.25, -0.2) is 5.84 Å². The van der Waals surface area contributed by atoms with Crippen molar-refractivity contribution < 1.29 is 13.2 Å². The molecule has 0 aliphatic rings. The van der Waals surface area contributed by atoms with Crippen molar-refractivity contribution in [2.45, 2.75) is 39.4 Å². The van der Waals surface area contributed by atoms with Crippen LogP contribution in [0, 0.1) is 0 Å². The third-order valence-electron chi connectivity index (χ3n) is 2.71. The van der Waals surface area contributed by atoms with E-state index in [1.807, 2.05) is 18.7 Å². The first-order chi connectivity index (χ1) is 9.78. The lowest BCUT2D eigenvalue weighted by atomic mass is 10.2. The molecule has 1 rings (SSSR count). The fourth-order valence-electron chi connectivity index (χ4n) is 1.76. The molecule has 0 saturated heterocycles. The van der Waals surface area contributed by atoms with Gasteiger partial charge in [-0.05, 0) is 20.8 Å². The van der Waals surface area contributed by atoms with Gasteiger partial charge < -0.3 is 10.2 Å². The van der Waals surface area contributed by atoms with Crippen LogP contribution in [0.4, 0.5) is 31.0 Å². The van der Waals surface area contributed by atoms with E-state index in [-0.39, 0.29) is 11.9 Å². The summed E-state index contributed by atoms with van der Waals surface area (Å²) < 4.78 is 37.0. The van der Waals surface area contributed by atoms with Gasteiger partial charge in [-0.3, -0.25) is 5.43 Å². The van der Waals surface area contributed by atoms with Crippen molar-refractivity contribution in [3.8, 4) is 0 Å². The van der Waals surface area contributed by atoms with Crippen molar-refractivity contribution in [3.63, 3.8) is 0 Å². The highest BCUT2D eigenvalue weighted by molar-refractivity contribution is 5.43. The van der Waals surface area contributed by atoms with Gasteiger partial charge in [0.15, 0.2) is 0 Å². The molecule has 1 aromatic heterocycles. The Labute approximate surface area is 121 Å². The Morgan fingerprint density at radius 3 is 2.19 bits per heavy atom. The number of nitrogens with two attached hydrogens (primary N) is 1. The lowest BCUT2D eigenvalue weighted by Crippen LogP contribution is -2.28. The molecule has 0 saturated carbocycles. The monoisotopic (exact) mass is 307 g/mol. The molecule has 10 heteroatoms. The van der Waals surface area contributed by atoms with Crippen LogP contribution in [0.2, 0.25) is 0 Å². The maximum absolute atomic E-state index is 12.3. The second-order valence-corrected chi connectivity index (χ2v) is 4.46. The Morgan fingerprint density at radius 2 is 1.71 bits per heavy atom. The van der Waals surface area contributed by atoms with Crippen LogP contribution in [0.1, 0.15) is 27.2 Å². The fraction of sp³-hybridized carbons (Fsp3) is 0.727. The number of hydrogen-bond donors (Lipinski definition) is 3. The molecule has 0 spiro atoms. The number of rotatable bonds is 7. The van der Waals surface area contributed by atoms with Gasteiger partial charge in [0.05, 0.1) is 6.42 Å². The van der Waals surface area contributed by atoms with Crippen molar-refractivity contribution >= 4 is 17.8 Å². The van der Waals surface area contributed by atoms with E-state index in [1.54, 1.807) is 0 Å². The van der Waals surface area contributed by atoms with Crippen LogP contribution < -0.4 is 21.5 Å². The number of nitrogen functional groups attached to an aromatic ring is 1. The number of hydrazine groups is 1. The molecule has 0 radical (unpaired) electrons. The summed E-state index contributed by atoms with van der Waals surface area (Å²) in [5.41, 5.74) is 2.28. The van der Waals surface area contributed by atoms with Crippen LogP contribution in [-0.2, 0) is 0 Å². The van der Waals surface area contributed by atoms with Crippen molar-refractivity contribution in [1.82, 2.24) is 15.0 Å². The summed E-state index contributed by atoms with van der Waals surface area (Å²) in [6, 6.07) is -0.859. The largest absolute Gasteiger partial charge is 0.391 e. The zero-order chi connectivity index (χ0) is 16.0. The highest BCUT2D eigenvalue weighted by Crippen LogP contribution is 2.23. The zero-order valence-electron chi connectivity index (χ0n) is 12.2. The third kappa shape index (κ3) is 5.58. The number of halogens is 3. The van der Waals surface area contributed by atoms with Gasteiger partial charge >= 0.3 is 6.18 Å². The molecule has 0 aliphatic heterocycles. The minimum absolute atomic E-state index is 0.0524. The van der Waals surface area contributed by atoms with E-state index in [0.29, 0.717) is 19.0 Å². The summed E-state index contributed by atoms with van der Waals surface area (Å²) in [6.45, 7) is 6.55. The Kier molecular flexibility index (Phi) is 5.94. The van der Waals surface area contributed by atoms with E-state index >= 15 is 0 Å². The van der Waals surface area contributed by atoms with Gasteiger partial charge in [0.2, 0.25) is 17.8 Å². The molecule has 0 bridgehead atoms. The van der Waals surface area contributed by atoms with E-state index in [9.17, 15) is 13.2 Å². The lowest BCUT2D eigenvalue weighted by Gasteiger charge is -2.21. The number of hydrogen-bond acceptors (Lipinski definition) is 7. The summed E-state index contributed by atoms with van der Waals surface area (Å²) in [5.74, 6) is 5.77. The Balaban J connectivity index is 2.93. The predicted octanol–water partition coefficient (Wildman–Crippen LogP) is 1.76. The summed E-state index contributed by atoms with van der Waals surface area (Å²) in [4.78, 5) is 13.9. The third-order valence-corrected chi connectivity index (χ3v) is 2.71. The second-order valence-electron chi connectivity index (χ2n) is 4.46. The Hall–Kier alpha value is -1.84. The van der Waals surface area contributed by atoms with Crippen LogP contribution in [0.25, 0.3) is 0 Å². The van der Waals surface area contributed by atoms with Gasteiger partial charge in [-0.2, -0.15) is 28.1 Å². The summed E-state index contributed by atoms with van der Waals surface area (Å²) in [5, 5.41) is 2.61. The fourth-order valence-corrected chi connectivity index (χ4v) is 1.76. The summed E-state index contributed by atoms with van der Waals surface area (Å²) in [7, 11) is 0. The lowest BCUT2D eigenvalue weighted by molar-refractivity contribution is -0.136. The standard InChI is InChI=1S/C11H20F3N7/c1-4-21(5-2)10-18-8(17-9(19-10)20-15)16-7(3)6-11(12,13)14/h7H,4-6,15H2,1-3H3,(H2,16,17,18,19,20). The van der Waals surface area contributed by atoms with Gasteiger partial charge in [0, 0.05) is 19.1 Å². The van der Waals surface area contributed by atoms with Crippen molar-refractivity contribution in [2.75, 3.05) is 28.7 Å². The maximum atomic E-state index is 12.3. The minimum Gasteiger partial charge on any atom is -0.351 e. The molecular weight excluding hydrogens is 287 g/mol. The van der Waals surface area contributed by atoms with E-state index < -0.39 is 18.6 Å². The smallest absolute Gasteiger partial charge is 0.351 e. The average Bonchev–Trinajstić information content (AvgIpc) is 2.37. The first-order valence-electron chi connectivity index (χ1n) is 6.60. The molecule has 0 fully saturated rings.